The number of amides is 2. The van der Waals surface area contributed by atoms with Gasteiger partial charge in [0.1, 0.15) is 13.2 Å². The average molecular weight is 286 g/mol. The number of hydrogen-bond donors (Lipinski definition) is 1. The van der Waals surface area contributed by atoms with Gasteiger partial charge < -0.3 is 14.9 Å². The number of piperazine rings is 1. The van der Waals surface area contributed by atoms with E-state index in [0.29, 0.717) is 24.2 Å². The van der Waals surface area contributed by atoms with Gasteiger partial charge in [0, 0.05) is 31.3 Å². The molecule has 0 unspecified atom stereocenters. The van der Waals surface area contributed by atoms with Crippen LogP contribution in [0.4, 0.5) is 0 Å². The Labute approximate surface area is 124 Å². The predicted octanol–water partition coefficient (Wildman–Crippen LogP) is 0.253. The van der Waals surface area contributed by atoms with E-state index >= 15 is 0 Å². The SMILES string of the molecule is Cc1cc(C#CCO)cc(C(=O)N2CCN(C)C(=O)C2)c1. The number of aliphatic hydroxyl groups excluding tert-OH is 1. The zero-order chi connectivity index (χ0) is 15.4. The van der Waals surface area contributed by atoms with E-state index in [4.69, 9.17) is 5.11 Å². The lowest BCUT2D eigenvalue weighted by atomic mass is 10.1. The van der Waals surface area contributed by atoms with E-state index in [9.17, 15) is 9.59 Å². The van der Waals surface area contributed by atoms with Crippen molar-refractivity contribution in [3.63, 3.8) is 0 Å². The molecule has 1 aliphatic rings. The minimum atomic E-state index is -0.218. The first-order chi connectivity index (χ1) is 10.0. The Kier molecular flexibility index (Phi) is 4.61. The molecule has 1 aromatic carbocycles. The van der Waals surface area contributed by atoms with Crippen LogP contribution in [0.3, 0.4) is 0 Å². The lowest BCUT2D eigenvalue weighted by Gasteiger charge is -2.32. The predicted molar refractivity (Wildman–Crippen MR) is 78.7 cm³/mol. The van der Waals surface area contributed by atoms with Gasteiger partial charge in [0.15, 0.2) is 0 Å². The molecule has 0 aromatic heterocycles. The summed E-state index contributed by atoms with van der Waals surface area (Å²) in [6, 6.07) is 5.34. The number of carbonyl (C=O) groups is 2. The maximum absolute atomic E-state index is 12.5. The summed E-state index contributed by atoms with van der Waals surface area (Å²) in [5, 5.41) is 8.74. The highest BCUT2D eigenvalue weighted by atomic mass is 16.2. The molecular weight excluding hydrogens is 268 g/mol. The summed E-state index contributed by atoms with van der Waals surface area (Å²) in [5.74, 6) is 5.16. The first-order valence-corrected chi connectivity index (χ1v) is 6.76. The molecule has 0 spiro atoms. The van der Waals surface area contributed by atoms with Crippen LogP contribution >= 0.6 is 0 Å². The molecule has 1 N–H and O–H groups in total. The first-order valence-electron chi connectivity index (χ1n) is 6.76. The number of aliphatic hydroxyl groups is 1. The van der Waals surface area contributed by atoms with E-state index in [2.05, 4.69) is 11.8 Å². The molecule has 0 atom stereocenters. The van der Waals surface area contributed by atoms with Crippen molar-refractivity contribution < 1.29 is 14.7 Å². The molecule has 110 valence electrons. The molecule has 21 heavy (non-hydrogen) atoms. The zero-order valence-electron chi connectivity index (χ0n) is 12.2. The minimum absolute atomic E-state index is 0.0532. The highest BCUT2D eigenvalue weighted by Crippen LogP contribution is 2.13. The fourth-order valence-electron chi connectivity index (χ4n) is 2.23. The standard InChI is InChI=1S/C16H18N2O3/c1-12-8-13(4-3-7-19)10-14(9-12)16(21)18-6-5-17(2)15(20)11-18/h8-10,19H,5-7,11H2,1-2H3. The molecule has 2 rings (SSSR count). The van der Waals surface area contributed by atoms with Gasteiger partial charge in [0.05, 0.1) is 0 Å². The third kappa shape index (κ3) is 3.61. The van der Waals surface area contributed by atoms with Crippen molar-refractivity contribution in [3.05, 3.63) is 34.9 Å². The van der Waals surface area contributed by atoms with Crippen LogP contribution in [0.5, 0.6) is 0 Å². The Morgan fingerprint density at radius 2 is 2.10 bits per heavy atom. The maximum Gasteiger partial charge on any atom is 0.254 e. The van der Waals surface area contributed by atoms with E-state index < -0.39 is 0 Å². The highest BCUT2D eigenvalue weighted by molar-refractivity contribution is 5.97. The number of aryl methyl sites for hydroxylation is 1. The van der Waals surface area contributed by atoms with Crippen LogP contribution < -0.4 is 0 Å². The Morgan fingerprint density at radius 1 is 1.33 bits per heavy atom. The molecule has 0 radical (unpaired) electrons. The molecule has 5 nitrogen and oxygen atoms in total. The summed E-state index contributed by atoms with van der Waals surface area (Å²) >= 11 is 0. The minimum Gasteiger partial charge on any atom is -0.384 e. The van der Waals surface area contributed by atoms with Gasteiger partial charge in [-0.15, -0.1) is 0 Å². The van der Waals surface area contributed by atoms with E-state index in [1.807, 2.05) is 13.0 Å². The van der Waals surface area contributed by atoms with Gasteiger partial charge in [-0.25, -0.2) is 0 Å². The number of likely N-dealkylation sites (N-methyl/N-ethyl adjacent to an activating group) is 1. The summed E-state index contributed by atoms with van der Waals surface area (Å²) in [4.78, 5) is 27.4. The van der Waals surface area contributed by atoms with E-state index in [-0.39, 0.29) is 25.0 Å². The molecule has 2 amide bonds. The van der Waals surface area contributed by atoms with Crippen LogP contribution in [0.1, 0.15) is 21.5 Å². The summed E-state index contributed by atoms with van der Waals surface area (Å²) in [7, 11) is 1.74. The molecule has 1 fully saturated rings. The average Bonchev–Trinajstić information content (AvgIpc) is 2.46. The molecule has 1 saturated heterocycles. The number of rotatable bonds is 1. The van der Waals surface area contributed by atoms with Crippen molar-refractivity contribution in [1.82, 2.24) is 9.80 Å². The topological polar surface area (TPSA) is 60.9 Å². The summed E-state index contributed by atoms with van der Waals surface area (Å²) < 4.78 is 0. The van der Waals surface area contributed by atoms with Gasteiger partial charge in [-0.3, -0.25) is 9.59 Å². The summed E-state index contributed by atoms with van der Waals surface area (Å²) in [5.41, 5.74) is 2.13. The number of hydrogen-bond acceptors (Lipinski definition) is 3. The van der Waals surface area contributed by atoms with Gasteiger partial charge in [0.25, 0.3) is 5.91 Å². The Morgan fingerprint density at radius 3 is 2.76 bits per heavy atom. The lowest BCUT2D eigenvalue weighted by molar-refractivity contribution is -0.133. The van der Waals surface area contributed by atoms with Crippen molar-refractivity contribution in [1.29, 1.82) is 0 Å². The molecule has 5 heteroatoms. The lowest BCUT2D eigenvalue weighted by Crippen LogP contribution is -2.50. The summed E-state index contributed by atoms with van der Waals surface area (Å²) in [6.07, 6.45) is 0. The van der Waals surface area contributed by atoms with Crippen LogP contribution in [0.25, 0.3) is 0 Å². The Hall–Kier alpha value is -2.32. The van der Waals surface area contributed by atoms with E-state index in [0.717, 1.165) is 5.56 Å². The third-order valence-corrected chi connectivity index (χ3v) is 3.38. The van der Waals surface area contributed by atoms with Crippen molar-refractivity contribution in [2.24, 2.45) is 0 Å². The Balaban J connectivity index is 2.23. The van der Waals surface area contributed by atoms with Crippen molar-refractivity contribution in [2.75, 3.05) is 33.3 Å². The quantitative estimate of drug-likeness (QED) is 0.753. The van der Waals surface area contributed by atoms with Gasteiger partial charge in [0.2, 0.25) is 5.91 Å². The van der Waals surface area contributed by atoms with Gasteiger partial charge in [-0.1, -0.05) is 11.8 Å². The van der Waals surface area contributed by atoms with E-state index in [1.165, 1.54) is 0 Å². The largest absolute Gasteiger partial charge is 0.384 e. The molecule has 0 bridgehead atoms. The second kappa shape index (κ2) is 6.42. The van der Waals surface area contributed by atoms with Crippen LogP contribution in [0, 0.1) is 18.8 Å². The van der Waals surface area contributed by atoms with Crippen LogP contribution in [0.15, 0.2) is 18.2 Å². The molecule has 0 aliphatic carbocycles. The second-order valence-electron chi connectivity index (χ2n) is 5.09. The Bertz CT molecular complexity index is 628. The van der Waals surface area contributed by atoms with Gasteiger partial charge in [-0.2, -0.15) is 0 Å². The van der Waals surface area contributed by atoms with Crippen LogP contribution in [-0.4, -0.2) is 60.0 Å². The molecule has 0 saturated carbocycles. The number of benzene rings is 1. The summed E-state index contributed by atoms with van der Waals surface area (Å²) in [6.45, 7) is 2.86. The second-order valence-corrected chi connectivity index (χ2v) is 5.09. The van der Waals surface area contributed by atoms with Crippen molar-refractivity contribution in [3.8, 4) is 11.8 Å². The van der Waals surface area contributed by atoms with Crippen molar-refractivity contribution >= 4 is 11.8 Å². The van der Waals surface area contributed by atoms with Crippen LogP contribution in [-0.2, 0) is 4.79 Å². The van der Waals surface area contributed by atoms with Gasteiger partial charge >= 0.3 is 0 Å². The molecule has 1 aliphatic heterocycles. The molecular formula is C16H18N2O3. The van der Waals surface area contributed by atoms with Crippen molar-refractivity contribution in [2.45, 2.75) is 6.92 Å². The fraction of sp³-hybridized carbons (Fsp3) is 0.375. The van der Waals surface area contributed by atoms with E-state index in [1.54, 1.807) is 29.0 Å². The highest BCUT2D eigenvalue weighted by Gasteiger charge is 2.25. The van der Waals surface area contributed by atoms with Crippen LogP contribution in [0.2, 0.25) is 0 Å². The molecule has 1 aromatic rings. The monoisotopic (exact) mass is 286 g/mol. The third-order valence-electron chi connectivity index (χ3n) is 3.38. The number of carbonyl (C=O) groups excluding carboxylic acids is 2. The first kappa shape index (κ1) is 15.1. The zero-order valence-corrected chi connectivity index (χ0v) is 12.2. The normalized spacial score (nSPS) is 14.7. The number of nitrogens with zero attached hydrogens (tertiary/aromatic N) is 2. The maximum atomic E-state index is 12.5. The molecule has 1 heterocycles. The smallest absolute Gasteiger partial charge is 0.254 e. The fourth-order valence-corrected chi connectivity index (χ4v) is 2.23. The van der Waals surface area contributed by atoms with Gasteiger partial charge in [-0.05, 0) is 30.7 Å².